The maximum Gasteiger partial charge on any atom is 0.138 e. The average Bonchev–Trinajstić information content (AvgIpc) is 2.25. The van der Waals surface area contributed by atoms with Crippen LogP contribution in [0.1, 0.15) is 13.3 Å². The van der Waals surface area contributed by atoms with Crippen LogP contribution >= 0.6 is 22.6 Å². The van der Waals surface area contributed by atoms with Crippen LogP contribution in [0.25, 0.3) is 0 Å². The molecule has 0 heterocycles. The van der Waals surface area contributed by atoms with E-state index in [1.165, 1.54) is 6.07 Å². The summed E-state index contributed by atoms with van der Waals surface area (Å²) in [7, 11) is 0. The largest absolute Gasteiger partial charge is 0.397 e. The molecule has 0 saturated carbocycles. The SMILES string of the molecule is CCOCCCNc1cc(F)c(I)cc1N. The zero-order valence-electron chi connectivity index (χ0n) is 9.22. The lowest BCUT2D eigenvalue weighted by molar-refractivity contribution is 0.147. The van der Waals surface area contributed by atoms with Gasteiger partial charge >= 0.3 is 0 Å². The smallest absolute Gasteiger partial charge is 0.138 e. The summed E-state index contributed by atoms with van der Waals surface area (Å²) in [6, 6.07) is 3.05. The second kappa shape index (κ2) is 6.90. The molecule has 0 fully saturated rings. The van der Waals surface area contributed by atoms with Crippen molar-refractivity contribution in [2.45, 2.75) is 13.3 Å². The highest BCUT2D eigenvalue weighted by molar-refractivity contribution is 14.1. The standard InChI is InChI=1S/C11H16FIN2O/c1-2-16-5-3-4-15-11-6-8(12)9(13)7-10(11)14/h6-7,15H,2-5,14H2,1H3. The molecule has 0 saturated heterocycles. The third-order valence-corrected chi connectivity index (χ3v) is 2.90. The van der Waals surface area contributed by atoms with Gasteiger partial charge in [0.05, 0.1) is 14.9 Å². The van der Waals surface area contributed by atoms with Gasteiger partial charge < -0.3 is 15.8 Å². The van der Waals surface area contributed by atoms with Crippen molar-refractivity contribution in [2.24, 2.45) is 0 Å². The Morgan fingerprint density at radius 1 is 1.50 bits per heavy atom. The minimum Gasteiger partial charge on any atom is -0.397 e. The summed E-state index contributed by atoms with van der Waals surface area (Å²) in [4.78, 5) is 0. The molecule has 5 heteroatoms. The molecule has 1 aromatic carbocycles. The van der Waals surface area contributed by atoms with E-state index in [0.717, 1.165) is 19.6 Å². The van der Waals surface area contributed by atoms with Crippen molar-refractivity contribution in [2.75, 3.05) is 30.8 Å². The molecule has 0 aromatic heterocycles. The van der Waals surface area contributed by atoms with Crippen molar-refractivity contribution in [3.05, 3.63) is 21.5 Å². The van der Waals surface area contributed by atoms with Crippen LogP contribution in [0.2, 0.25) is 0 Å². The predicted octanol–water partition coefficient (Wildman–Crippen LogP) is 2.85. The first-order chi connectivity index (χ1) is 7.65. The van der Waals surface area contributed by atoms with Crippen LogP contribution in [0.5, 0.6) is 0 Å². The van der Waals surface area contributed by atoms with Crippen LogP contribution in [0.3, 0.4) is 0 Å². The summed E-state index contributed by atoms with van der Waals surface area (Å²) in [5, 5.41) is 3.09. The zero-order chi connectivity index (χ0) is 12.0. The summed E-state index contributed by atoms with van der Waals surface area (Å²) in [5.41, 5.74) is 6.99. The van der Waals surface area contributed by atoms with Gasteiger partial charge in [0, 0.05) is 25.8 Å². The van der Waals surface area contributed by atoms with Crippen molar-refractivity contribution in [3.63, 3.8) is 0 Å². The number of ether oxygens (including phenoxy) is 1. The minimum atomic E-state index is -0.248. The van der Waals surface area contributed by atoms with Crippen molar-refractivity contribution in [1.29, 1.82) is 0 Å². The molecule has 1 rings (SSSR count). The van der Waals surface area contributed by atoms with E-state index >= 15 is 0 Å². The van der Waals surface area contributed by atoms with Crippen LogP contribution in [0, 0.1) is 9.39 Å². The topological polar surface area (TPSA) is 47.3 Å². The summed E-state index contributed by atoms with van der Waals surface area (Å²) < 4.78 is 19.0. The molecule has 3 nitrogen and oxygen atoms in total. The summed E-state index contributed by atoms with van der Waals surface area (Å²) in [6.45, 7) is 4.11. The Labute approximate surface area is 109 Å². The number of rotatable bonds is 6. The molecule has 0 unspecified atom stereocenters. The van der Waals surface area contributed by atoms with Gasteiger partial charge in [-0.25, -0.2) is 4.39 Å². The Morgan fingerprint density at radius 3 is 2.94 bits per heavy atom. The van der Waals surface area contributed by atoms with Gasteiger partial charge in [-0.05, 0) is 42.0 Å². The highest BCUT2D eigenvalue weighted by Gasteiger charge is 2.04. The van der Waals surface area contributed by atoms with Crippen molar-refractivity contribution < 1.29 is 9.13 Å². The lowest BCUT2D eigenvalue weighted by Crippen LogP contribution is -2.08. The number of nitrogens with one attached hydrogen (secondary N) is 1. The van der Waals surface area contributed by atoms with Crippen molar-refractivity contribution in [3.8, 4) is 0 Å². The predicted molar refractivity (Wildman–Crippen MR) is 73.1 cm³/mol. The molecule has 16 heavy (non-hydrogen) atoms. The van der Waals surface area contributed by atoms with Gasteiger partial charge in [0.1, 0.15) is 5.82 Å². The van der Waals surface area contributed by atoms with Gasteiger partial charge in [0.15, 0.2) is 0 Å². The van der Waals surface area contributed by atoms with Crippen LogP contribution in [0.4, 0.5) is 15.8 Å². The van der Waals surface area contributed by atoms with Crippen LogP contribution in [-0.4, -0.2) is 19.8 Å². The Kier molecular flexibility index (Phi) is 5.83. The van der Waals surface area contributed by atoms with E-state index < -0.39 is 0 Å². The van der Waals surface area contributed by atoms with Crippen LogP contribution in [0.15, 0.2) is 12.1 Å². The molecule has 0 aliphatic rings. The molecule has 0 atom stereocenters. The monoisotopic (exact) mass is 338 g/mol. The van der Waals surface area contributed by atoms with Crippen LogP contribution in [-0.2, 0) is 4.74 Å². The molecule has 3 N–H and O–H groups in total. The highest BCUT2D eigenvalue weighted by Crippen LogP contribution is 2.23. The van der Waals surface area contributed by atoms with E-state index in [-0.39, 0.29) is 5.82 Å². The highest BCUT2D eigenvalue weighted by atomic mass is 127. The van der Waals surface area contributed by atoms with Gasteiger partial charge in [-0.2, -0.15) is 0 Å². The lowest BCUT2D eigenvalue weighted by Gasteiger charge is -2.10. The number of nitrogens with two attached hydrogens (primary N) is 1. The molecule has 1 aromatic rings. The Bertz CT molecular complexity index is 347. The molecule has 0 amide bonds. The summed E-state index contributed by atoms with van der Waals surface area (Å²) in [5.74, 6) is -0.248. The van der Waals surface area contributed by atoms with Gasteiger partial charge in [0.25, 0.3) is 0 Å². The van der Waals surface area contributed by atoms with E-state index in [2.05, 4.69) is 5.32 Å². The average molecular weight is 338 g/mol. The fourth-order valence-electron chi connectivity index (χ4n) is 1.26. The van der Waals surface area contributed by atoms with Gasteiger partial charge in [-0.15, -0.1) is 0 Å². The first-order valence-electron chi connectivity index (χ1n) is 5.21. The number of anilines is 2. The zero-order valence-corrected chi connectivity index (χ0v) is 11.4. The van der Waals surface area contributed by atoms with Gasteiger partial charge in [-0.1, -0.05) is 0 Å². The summed E-state index contributed by atoms with van der Waals surface area (Å²) >= 11 is 1.92. The maximum atomic E-state index is 13.3. The Morgan fingerprint density at radius 2 is 2.25 bits per heavy atom. The van der Waals surface area contributed by atoms with E-state index in [4.69, 9.17) is 10.5 Å². The minimum absolute atomic E-state index is 0.248. The molecular weight excluding hydrogens is 322 g/mol. The number of hydrogen-bond donors (Lipinski definition) is 2. The van der Waals surface area contributed by atoms with E-state index in [1.54, 1.807) is 6.07 Å². The van der Waals surface area contributed by atoms with E-state index in [1.807, 2.05) is 29.5 Å². The Hall–Kier alpha value is -0.560. The lowest BCUT2D eigenvalue weighted by atomic mass is 10.2. The first-order valence-corrected chi connectivity index (χ1v) is 6.29. The third-order valence-electron chi connectivity index (χ3n) is 2.08. The fourth-order valence-corrected chi connectivity index (χ4v) is 1.75. The molecule has 90 valence electrons. The van der Waals surface area contributed by atoms with Crippen LogP contribution < -0.4 is 11.1 Å². The molecule has 0 bridgehead atoms. The second-order valence-corrected chi connectivity index (χ2v) is 4.49. The first kappa shape index (κ1) is 13.5. The fraction of sp³-hybridized carbons (Fsp3) is 0.455. The maximum absolute atomic E-state index is 13.3. The number of hydrogen-bond acceptors (Lipinski definition) is 3. The number of benzene rings is 1. The summed E-state index contributed by atoms with van der Waals surface area (Å²) in [6.07, 6.45) is 0.876. The Balaban J connectivity index is 2.45. The number of halogens is 2. The van der Waals surface area contributed by atoms with E-state index in [0.29, 0.717) is 21.6 Å². The molecule has 0 aliphatic carbocycles. The molecule has 0 spiro atoms. The molecule has 0 radical (unpaired) electrons. The normalized spacial score (nSPS) is 10.4. The van der Waals surface area contributed by atoms with Gasteiger partial charge in [0.2, 0.25) is 0 Å². The van der Waals surface area contributed by atoms with Gasteiger partial charge in [-0.3, -0.25) is 0 Å². The second-order valence-electron chi connectivity index (χ2n) is 3.33. The van der Waals surface area contributed by atoms with E-state index in [9.17, 15) is 4.39 Å². The number of nitrogen functional groups attached to an aromatic ring is 1. The van der Waals surface area contributed by atoms with Crippen molar-refractivity contribution >= 4 is 34.0 Å². The van der Waals surface area contributed by atoms with Crippen molar-refractivity contribution in [1.82, 2.24) is 0 Å². The third kappa shape index (κ3) is 4.13. The molecule has 0 aliphatic heterocycles. The molecular formula is C11H16FIN2O. The quantitative estimate of drug-likeness (QED) is 0.476.